The highest BCUT2D eigenvalue weighted by molar-refractivity contribution is 5.79. The van der Waals surface area contributed by atoms with E-state index in [1.807, 2.05) is 22.9 Å². The van der Waals surface area contributed by atoms with Crippen LogP contribution in [-0.2, 0) is 11.3 Å². The van der Waals surface area contributed by atoms with Crippen molar-refractivity contribution in [3.63, 3.8) is 0 Å². The molecule has 2 aliphatic rings. The molecule has 2 aromatic heterocycles. The van der Waals surface area contributed by atoms with Crippen molar-refractivity contribution in [3.05, 3.63) is 80.9 Å². The number of pyridine rings is 1. The maximum atomic E-state index is 13.5. The molecule has 198 valence electrons. The Bertz CT molecular complexity index is 1500. The highest BCUT2D eigenvalue weighted by Gasteiger charge is 2.33. The first-order chi connectivity index (χ1) is 18.5. The number of H-pyrrole nitrogens is 1. The summed E-state index contributed by atoms with van der Waals surface area (Å²) in [6, 6.07) is 14.2. The van der Waals surface area contributed by atoms with Gasteiger partial charge in [0.25, 0.3) is 5.56 Å². The van der Waals surface area contributed by atoms with Crippen molar-refractivity contribution in [2.75, 3.05) is 37.7 Å². The van der Waals surface area contributed by atoms with E-state index in [0.29, 0.717) is 17.9 Å². The lowest BCUT2D eigenvalue weighted by Gasteiger charge is -2.40. The zero-order valence-corrected chi connectivity index (χ0v) is 22.4. The van der Waals surface area contributed by atoms with Crippen molar-refractivity contribution in [2.24, 2.45) is 0 Å². The Hall–Kier alpha value is -3.56. The number of rotatable bonds is 6. The number of fused-ring (bicyclic) bond motifs is 1. The maximum absolute atomic E-state index is 13.5. The molecule has 2 aliphatic heterocycles. The van der Waals surface area contributed by atoms with Gasteiger partial charge in [-0.1, -0.05) is 23.8 Å². The van der Waals surface area contributed by atoms with Crippen LogP contribution in [0.4, 0.5) is 5.69 Å². The quantitative estimate of drug-likeness (QED) is 0.422. The van der Waals surface area contributed by atoms with Gasteiger partial charge in [-0.25, -0.2) is 4.68 Å². The molecule has 4 heterocycles. The second kappa shape index (κ2) is 10.3. The molecule has 2 aromatic carbocycles. The van der Waals surface area contributed by atoms with E-state index in [2.05, 4.69) is 75.3 Å². The first-order valence-electron chi connectivity index (χ1n) is 13.5. The molecule has 9 nitrogen and oxygen atoms in total. The molecule has 0 bridgehead atoms. The molecule has 2 fully saturated rings. The van der Waals surface area contributed by atoms with Crippen LogP contribution in [0.5, 0.6) is 0 Å². The summed E-state index contributed by atoms with van der Waals surface area (Å²) >= 11 is 0. The predicted octanol–water partition coefficient (Wildman–Crippen LogP) is 3.53. The van der Waals surface area contributed by atoms with Crippen LogP contribution in [0.2, 0.25) is 0 Å². The van der Waals surface area contributed by atoms with Gasteiger partial charge in [-0.2, -0.15) is 0 Å². The average molecular weight is 514 g/mol. The Balaban J connectivity index is 1.37. The van der Waals surface area contributed by atoms with E-state index in [1.165, 1.54) is 16.8 Å². The maximum Gasteiger partial charge on any atom is 0.253 e. The lowest BCUT2D eigenvalue weighted by atomic mass is 10.0. The number of aromatic amines is 1. The van der Waals surface area contributed by atoms with Crippen molar-refractivity contribution >= 4 is 16.6 Å². The van der Waals surface area contributed by atoms with Gasteiger partial charge in [0.15, 0.2) is 5.82 Å². The molecule has 9 heteroatoms. The van der Waals surface area contributed by atoms with E-state index in [1.54, 1.807) is 0 Å². The van der Waals surface area contributed by atoms with Crippen LogP contribution >= 0.6 is 0 Å². The summed E-state index contributed by atoms with van der Waals surface area (Å²) in [5.74, 6) is 0.693. The summed E-state index contributed by atoms with van der Waals surface area (Å²) in [5.41, 5.74) is 6.46. The standard InChI is InChI=1S/C29H35N7O2/c1-19-9-10-25-22(16-19)17-24(29(37)30-25)27(28-31-32-33-36(28)18-23-7-5-15-38-23)35-13-11-34(12-14-35)26-8-4-6-20(2)21(26)3/h4,6,8-10,16-17,23,27H,5,7,11-15,18H2,1-3H3,(H,30,37). The van der Waals surface area contributed by atoms with E-state index < -0.39 is 0 Å². The van der Waals surface area contributed by atoms with Gasteiger partial charge >= 0.3 is 0 Å². The van der Waals surface area contributed by atoms with Crippen molar-refractivity contribution in [1.82, 2.24) is 30.1 Å². The second-order valence-electron chi connectivity index (χ2n) is 10.6. The Kier molecular flexibility index (Phi) is 6.71. The number of hydrogen-bond acceptors (Lipinski definition) is 7. The number of aryl methyl sites for hydroxylation is 2. The molecule has 2 unspecified atom stereocenters. The van der Waals surface area contributed by atoms with Gasteiger partial charge < -0.3 is 14.6 Å². The van der Waals surface area contributed by atoms with Crippen molar-refractivity contribution in [1.29, 1.82) is 0 Å². The summed E-state index contributed by atoms with van der Waals surface area (Å²) in [6.07, 6.45) is 2.14. The van der Waals surface area contributed by atoms with Gasteiger partial charge in [-0.05, 0) is 84.8 Å². The van der Waals surface area contributed by atoms with E-state index in [0.717, 1.165) is 62.1 Å². The minimum Gasteiger partial charge on any atom is -0.376 e. The summed E-state index contributed by atoms with van der Waals surface area (Å²) < 4.78 is 7.73. The fraction of sp³-hybridized carbons (Fsp3) is 0.448. The molecule has 6 rings (SSSR count). The molecule has 2 saturated heterocycles. The van der Waals surface area contributed by atoms with Crippen LogP contribution in [0.1, 0.15) is 47.0 Å². The van der Waals surface area contributed by atoms with Crippen LogP contribution in [0.15, 0.2) is 47.3 Å². The molecule has 2 atom stereocenters. The smallest absolute Gasteiger partial charge is 0.253 e. The van der Waals surface area contributed by atoms with Crippen LogP contribution in [0.3, 0.4) is 0 Å². The first-order valence-corrected chi connectivity index (χ1v) is 13.5. The van der Waals surface area contributed by atoms with Gasteiger partial charge in [0, 0.05) is 49.6 Å². The summed E-state index contributed by atoms with van der Waals surface area (Å²) in [7, 11) is 0. The summed E-state index contributed by atoms with van der Waals surface area (Å²) in [4.78, 5) is 21.4. The highest BCUT2D eigenvalue weighted by Crippen LogP contribution is 2.31. The Morgan fingerprint density at radius 3 is 2.71 bits per heavy atom. The Labute approximate surface area is 222 Å². The topological polar surface area (TPSA) is 92.2 Å². The number of tetrazole rings is 1. The van der Waals surface area contributed by atoms with E-state index in [4.69, 9.17) is 4.74 Å². The van der Waals surface area contributed by atoms with E-state index in [9.17, 15) is 4.79 Å². The third kappa shape index (κ3) is 4.72. The zero-order chi connectivity index (χ0) is 26.2. The van der Waals surface area contributed by atoms with Crippen molar-refractivity contribution in [2.45, 2.75) is 52.3 Å². The second-order valence-corrected chi connectivity index (χ2v) is 10.6. The van der Waals surface area contributed by atoms with Gasteiger partial charge in [-0.3, -0.25) is 9.69 Å². The minimum atomic E-state index is -0.360. The van der Waals surface area contributed by atoms with Crippen molar-refractivity contribution < 1.29 is 4.74 Å². The average Bonchev–Trinajstić information content (AvgIpc) is 3.60. The van der Waals surface area contributed by atoms with E-state index >= 15 is 0 Å². The molecule has 0 amide bonds. The Morgan fingerprint density at radius 1 is 1.08 bits per heavy atom. The molecular weight excluding hydrogens is 478 g/mol. The van der Waals surface area contributed by atoms with Crippen LogP contribution in [0, 0.1) is 20.8 Å². The Morgan fingerprint density at radius 2 is 1.92 bits per heavy atom. The van der Waals surface area contributed by atoms with Gasteiger partial charge in [0.1, 0.15) is 6.04 Å². The third-order valence-corrected chi connectivity index (χ3v) is 8.12. The monoisotopic (exact) mass is 513 g/mol. The molecule has 38 heavy (non-hydrogen) atoms. The van der Waals surface area contributed by atoms with Gasteiger partial charge in [0.2, 0.25) is 0 Å². The number of piperazine rings is 1. The fourth-order valence-electron chi connectivity index (χ4n) is 5.86. The fourth-order valence-corrected chi connectivity index (χ4v) is 5.86. The zero-order valence-electron chi connectivity index (χ0n) is 22.4. The number of hydrogen-bond donors (Lipinski definition) is 1. The normalized spacial score (nSPS) is 19.3. The summed E-state index contributed by atoms with van der Waals surface area (Å²) in [5, 5.41) is 13.9. The molecular formula is C29H35N7O2. The number of nitrogens with zero attached hydrogens (tertiary/aromatic N) is 6. The molecule has 0 saturated carbocycles. The number of benzene rings is 2. The number of anilines is 1. The third-order valence-electron chi connectivity index (χ3n) is 8.12. The van der Waals surface area contributed by atoms with Crippen molar-refractivity contribution in [3.8, 4) is 0 Å². The lowest BCUT2D eigenvalue weighted by molar-refractivity contribution is 0.0906. The lowest BCUT2D eigenvalue weighted by Crippen LogP contribution is -2.49. The molecule has 4 aromatic rings. The van der Waals surface area contributed by atoms with Crippen LogP contribution in [-0.4, -0.2) is 69.0 Å². The predicted molar refractivity (Wildman–Crippen MR) is 148 cm³/mol. The first kappa shape index (κ1) is 24.8. The van der Waals surface area contributed by atoms with Gasteiger partial charge in [0.05, 0.1) is 12.6 Å². The number of aromatic nitrogens is 5. The van der Waals surface area contributed by atoms with E-state index in [-0.39, 0.29) is 17.7 Å². The van der Waals surface area contributed by atoms with Gasteiger partial charge in [-0.15, -0.1) is 5.10 Å². The summed E-state index contributed by atoms with van der Waals surface area (Å²) in [6.45, 7) is 11.1. The van der Waals surface area contributed by atoms with Crippen LogP contribution < -0.4 is 10.5 Å². The number of ether oxygens (including phenoxy) is 1. The molecule has 0 aliphatic carbocycles. The molecule has 0 spiro atoms. The largest absolute Gasteiger partial charge is 0.376 e. The minimum absolute atomic E-state index is 0.0941. The van der Waals surface area contributed by atoms with Crippen LogP contribution in [0.25, 0.3) is 10.9 Å². The molecule has 1 N–H and O–H groups in total. The number of nitrogens with one attached hydrogen (secondary N) is 1. The molecule has 0 radical (unpaired) electrons. The SMILES string of the molecule is Cc1ccc2[nH]c(=O)c(C(c3nnnn3CC3CCCO3)N3CCN(c4cccc(C)c4C)CC3)cc2c1. The highest BCUT2D eigenvalue weighted by atomic mass is 16.5.